The maximum atomic E-state index is 14.0. The first-order valence-corrected chi connectivity index (χ1v) is 19.4. The average molecular weight is 781 g/mol. The van der Waals surface area contributed by atoms with E-state index in [1.54, 1.807) is 31.2 Å². The fourth-order valence-electron chi connectivity index (χ4n) is 8.33. The number of furan rings is 1. The number of benzene rings is 8. The fourth-order valence-corrected chi connectivity index (χ4v) is 8.33. The second kappa shape index (κ2) is 14.9. The Morgan fingerprint density at radius 1 is 0.500 bits per heavy atom. The maximum Gasteiger partial charge on any atom is 0.337 e. The highest BCUT2D eigenvalue weighted by Crippen LogP contribution is 2.49. The highest BCUT2D eigenvalue weighted by molar-refractivity contribution is 6.25. The van der Waals surface area contributed by atoms with Crippen LogP contribution in [0.15, 0.2) is 168 Å². The molecule has 0 aliphatic heterocycles. The van der Waals surface area contributed by atoms with Crippen molar-refractivity contribution < 1.29 is 29.6 Å². The predicted octanol–water partition coefficient (Wildman–Crippen LogP) is 14.0. The molecular formula is C53H37BO6. The number of aromatic carboxylic acids is 1. The number of carbonyl (C=O) groups is 1. The molecule has 288 valence electrons. The summed E-state index contributed by atoms with van der Waals surface area (Å²) >= 11 is 0. The van der Waals surface area contributed by atoms with Crippen molar-refractivity contribution in [3.05, 3.63) is 192 Å². The van der Waals surface area contributed by atoms with Gasteiger partial charge in [-0.2, -0.15) is 0 Å². The number of fused-ring (bicyclic) bond motifs is 5. The lowest BCUT2D eigenvalue weighted by Gasteiger charge is -2.26. The van der Waals surface area contributed by atoms with E-state index in [-0.39, 0.29) is 44.6 Å². The number of hydrogen-bond donors (Lipinski definition) is 4. The molecule has 0 aliphatic carbocycles. The quantitative estimate of drug-likeness (QED) is 0.0694. The molecule has 8 aromatic carbocycles. The minimum atomic E-state index is -1.38. The smallest absolute Gasteiger partial charge is 0.337 e. The minimum absolute atomic E-state index is 0.00103. The van der Waals surface area contributed by atoms with Crippen molar-refractivity contribution >= 4 is 80.1 Å². The molecule has 0 fully saturated rings. The van der Waals surface area contributed by atoms with Crippen LogP contribution in [0.3, 0.4) is 0 Å². The SMILES string of the molecule is [B]/C(C)=C(\O)c1c(C(=C)O)c(-c2ccc(-c3ccc4ccccc4c3)cc2)c(C(=O)O)c(/C(O)=C(\C)c2ccccc2)c1-c1ccc2oc3cc4ccccc4cc3c2c1. The highest BCUT2D eigenvalue weighted by Gasteiger charge is 2.34. The topological polar surface area (TPSA) is 111 Å². The van der Waals surface area contributed by atoms with Crippen molar-refractivity contribution in [3.8, 4) is 33.4 Å². The summed E-state index contributed by atoms with van der Waals surface area (Å²) in [5.74, 6) is -2.65. The molecule has 0 spiro atoms. The molecule has 0 bridgehead atoms. The molecule has 9 rings (SSSR count). The molecule has 4 N–H and O–H groups in total. The third-order valence-corrected chi connectivity index (χ3v) is 11.3. The van der Waals surface area contributed by atoms with E-state index >= 15 is 0 Å². The number of carboxylic acids is 1. The number of aliphatic hydroxyl groups excluding tert-OH is 3. The van der Waals surface area contributed by atoms with Crippen LogP contribution in [-0.4, -0.2) is 34.2 Å². The normalized spacial score (nSPS) is 12.5. The average Bonchev–Trinajstić information content (AvgIpc) is 3.62. The van der Waals surface area contributed by atoms with Crippen LogP contribution in [0, 0.1) is 0 Å². The number of rotatable bonds is 8. The Hall–Kier alpha value is -7.77. The van der Waals surface area contributed by atoms with Gasteiger partial charge in [-0.1, -0.05) is 133 Å². The molecule has 0 amide bonds. The standard InChI is InChI=1S/C53H37BO6/c1-29(32-11-5-4-6-12-32)51(56)49-47(40-23-24-43-41(27-40)42-26-37-15-9-10-16-38(37)28-44(42)60-43)48(52(57)30(2)54)45(31(3)55)46(50(49)53(58)59)35-20-17-34(18-21-35)39-22-19-33-13-7-8-14-36(33)25-39/h4-28,55-57H,3H2,1-2H3,(H,58,59)/b51-29-,52-30-. The monoisotopic (exact) mass is 780 g/mol. The van der Waals surface area contributed by atoms with Gasteiger partial charge in [-0.25, -0.2) is 4.79 Å². The second-order valence-electron chi connectivity index (χ2n) is 15.0. The van der Waals surface area contributed by atoms with Gasteiger partial charge in [0, 0.05) is 38.6 Å². The van der Waals surface area contributed by atoms with Gasteiger partial charge < -0.3 is 24.8 Å². The Morgan fingerprint density at radius 3 is 1.68 bits per heavy atom. The first kappa shape index (κ1) is 37.8. The van der Waals surface area contributed by atoms with Gasteiger partial charge in [-0.15, -0.1) is 0 Å². The molecule has 1 heterocycles. The Labute approximate surface area is 347 Å². The lowest BCUT2D eigenvalue weighted by Crippen LogP contribution is -2.14. The number of allylic oxidation sites excluding steroid dienone is 2. The summed E-state index contributed by atoms with van der Waals surface area (Å²) in [4.78, 5) is 14.0. The van der Waals surface area contributed by atoms with Crippen LogP contribution in [-0.2, 0) is 0 Å². The Kier molecular flexibility index (Phi) is 9.37. The lowest BCUT2D eigenvalue weighted by atomic mass is 9.77. The van der Waals surface area contributed by atoms with E-state index in [4.69, 9.17) is 12.3 Å². The van der Waals surface area contributed by atoms with Crippen LogP contribution in [0.2, 0.25) is 0 Å². The Bertz CT molecular complexity index is 3290. The largest absolute Gasteiger partial charge is 0.508 e. The molecular weight excluding hydrogens is 743 g/mol. The summed E-state index contributed by atoms with van der Waals surface area (Å²) in [6.07, 6.45) is 0. The van der Waals surface area contributed by atoms with E-state index in [2.05, 4.69) is 12.6 Å². The molecule has 7 heteroatoms. The van der Waals surface area contributed by atoms with Crippen molar-refractivity contribution in [2.75, 3.05) is 0 Å². The highest BCUT2D eigenvalue weighted by atomic mass is 16.4. The molecule has 0 aliphatic rings. The van der Waals surface area contributed by atoms with Crippen LogP contribution in [0.1, 0.15) is 46.5 Å². The summed E-state index contributed by atoms with van der Waals surface area (Å²) in [6, 6.07) is 48.0. The molecule has 0 atom stereocenters. The van der Waals surface area contributed by atoms with Crippen LogP contribution in [0.25, 0.3) is 99.7 Å². The van der Waals surface area contributed by atoms with Gasteiger partial charge in [0.05, 0.1) is 5.56 Å². The molecule has 6 nitrogen and oxygen atoms in total. The summed E-state index contributed by atoms with van der Waals surface area (Å²) in [6.45, 7) is 7.13. The molecule has 9 aromatic rings. The van der Waals surface area contributed by atoms with Crippen molar-refractivity contribution in [1.82, 2.24) is 0 Å². The van der Waals surface area contributed by atoms with Crippen LogP contribution in [0.5, 0.6) is 0 Å². The van der Waals surface area contributed by atoms with E-state index in [0.29, 0.717) is 33.4 Å². The summed E-state index contributed by atoms with van der Waals surface area (Å²) < 4.78 is 6.32. The number of hydrogen-bond acceptors (Lipinski definition) is 5. The van der Waals surface area contributed by atoms with Crippen LogP contribution >= 0.6 is 0 Å². The van der Waals surface area contributed by atoms with Gasteiger partial charge in [0.25, 0.3) is 0 Å². The van der Waals surface area contributed by atoms with Gasteiger partial charge in [0.1, 0.15) is 36.3 Å². The zero-order chi connectivity index (χ0) is 41.8. The molecule has 0 saturated heterocycles. The van der Waals surface area contributed by atoms with Crippen molar-refractivity contribution in [1.29, 1.82) is 0 Å². The molecule has 2 radical (unpaired) electrons. The summed E-state index contributed by atoms with van der Waals surface area (Å²) in [5, 5.41) is 53.4. The third-order valence-electron chi connectivity index (χ3n) is 11.3. The summed E-state index contributed by atoms with van der Waals surface area (Å²) in [7, 11) is 6.39. The first-order valence-electron chi connectivity index (χ1n) is 19.4. The van der Waals surface area contributed by atoms with E-state index in [1.165, 1.54) is 6.92 Å². The van der Waals surface area contributed by atoms with E-state index in [9.17, 15) is 25.2 Å². The van der Waals surface area contributed by atoms with Gasteiger partial charge >= 0.3 is 5.97 Å². The molecule has 1 aromatic heterocycles. The fraction of sp³-hybridized carbons (Fsp3) is 0.0377. The first-order chi connectivity index (χ1) is 29.0. The lowest BCUT2D eigenvalue weighted by molar-refractivity contribution is 0.0697. The summed E-state index contributed by atoms with van der Waals surface area (Å²) in [5.41, 5.74) is 4.63. The van der Waals surface area contributed by atoms with Gasteiger partial charge in [0.15, 0.2) is 0 Å². The predicted molar refractivity (Wildman–Crippen MR) is 246 cm³/mol. The van der Waals surface area contributed by atoms with Crippen molar-refractivity contribution in [2.45, 2.75) is 13.8 Å². The zero-order valence-corrected chi connectivity index (χ0v) is 32.8. The Balaban J connectivity index is 1.40. The van der Waals surface area contributed by atoms with Crippen molar-refractivity contribution in [3.63, 3.8) is 0 Å². The maximum absolute atomic E-state index is 14.0. The van der Waals surface area contributed by atoms with Crippen molar-refractivity contribution in [2.24, 2.45) is 0 Å². The second-order valence-corrected chi connectivity index (χ2v) is 15.0. The van der Waals surface area contributed by atoms with Gasteiger partial charge in [-0.3, -0.25) is 0 Å². The van der Waals surface area contributed by atoms with E-state index < -0.39 is 17.5 Å². The van der Waals surface area contributed by atoms with Gasteiger partial charge in [0.2, 0.25) is 0 Å². The molecule has 0 saturated carbocycles. The number of aliphatic hydroxyl groups is 3. The van der Waals surface area contributed by atoms with Crippen LogP contribution < -0.4 is 0 Å². The minimum Gasteiger partial charge on any atom is -0.508 e. The Morgan fingerprint density at radius 2 is 1.03 bits per heavy atom. The molecule has 0 unspecified atom stereocenters. The van der Waals surface area contributed by atoms with E-state index in [0.717, 1.165) is 43.4 Å². The van der Waals surface area contributed by atoms with Gasteiger partial charge in [-0.05, 0) is 99.1 Å². The number of carboxylic acid groups (broad SMARTS) is 1. The third kappa shape index (κ3) is 6.37. The zero-order valence-electron chi connectivity index (χ0n) is 32.8. The van der Waals surface area contributed by atoms with Crippen LogP contribution in [0.4, 0.5) is 0 Å². The van der Waals surface area contributed by atoms with E-state index in [1.807, 2.05) is 121 Å². The molecule has 60 heavy (non-hydrogen) atoms.